The molecule has 104 valence electrons. The van der Waals surface area contributed by atoms with Crippen LogP contribution < -0.4 is 16.0 Å². The van der Waals surface area contributed by atoms with Crippen molar-refractivity contribution in [2.75, 3.05) is 19.6 Å². The fourth-order valence-corrected chi connectivity index (χ4v) is 2.03. The molecule has 1 atom stereocenters. The molecule has 0 aromatic heterocycles. The molecule has 1 saturated carbocycles. The van der Waals surface area contributed by atoms with Gasteiger partial charge in [0, 0.05) is 6.54 Å². The molecule has 2 amide bonds. The van der Waals surface area contributed by atoms with Gasteiger partial charge in [-0.1, -0.05) is 0 Å². The summed E-state index contributed by atoms with van der Waals surface area (Å²) in [5.41, 5.74) is 0. The van der Waals surface area contributed by atoms with E-state index in [9.17, 15) is 9.59 Å². The van der Waals surface area contributed by atoms with Crippen molar-refractivity contribution in [1.82, 2.24) is 16.0 Å². The van der Waals surface area contributed by atoms with Crippen molar-refractivity contribution in [3.8, 4) is 0 Å². The van der Waals surface area contributed by atoms with Crippen molar-refractivity contribution >= 4 is 24.2 Å². The molecule has 0 radical (unpaired) electrons. The minimum absolute atomic E-state index is 0. The van der Waals surface area contributed by atoms with E-state index in [1.54, 1.807) is 0 Å². The first-order valence-corrected chi connectivity index (χ1v) is 6.53. The Morgan fingerprint density at radius 2 is 2.06 bits per heavy atom. The lowest BCUT2D eigenvalue weighted by molar-refractivity contribution is -0.128. The Hall–Kier alpha value is -0.810. The van der Waals surface area contributed by atoms with Crippen LogP contribution in [0.2, 0.25) is 0 Å². The Labute approximate surface area is 114 Å². The maximum atomic E-state index is 11.6. The normalized spacial score (nSPS) is 23.6. The zero-order valence-corrected chi connectivity index (χ0v) is 11.4. The van der Waals surface area contributed by atoms with E-state index in [2.05, 4.69) is 16.0 Å². The molecule has 0 spiro atoms. The monoisotopic (exact) mass is 275 g/mol. The van der Waals surface area contributed by atoms with Crippen LogP contribution >= 0.6 is 12.4 Å². The van der Waals surface area contributed by atoms with Gasteiger partial charge in [0.15, 0.2) is 0 Å². The lowest BCUT2D eigenvalue weighted by Gasteiger charge is -2.15. The maximum absolute atomic E-state index is 11.6. The molecule has 18 heavy (non-hydrogen) atoms. The van der Waals surface area contributed by atoms with Crippen molar-refractivity contribution in [3.05, 3.63) is 0 Å². The van der Waals surface area contributed by atoms with E-state index in [1.165, 1.54) is 12.8 Å². The van der Waals surface area contributed by atoms with E-state index in [0.717, 1.165) is 38.3 Å². The van der Waals surface area contributed by atoms with Crippen LogP contribution in [0.25, 0.3) is 0 Å². The van der Waals surface area contributed by atoms with Gasteiger partial charge in [-0.2, -0.15) is 0 Å². The highest BCUT2D eigenvalue weighted by Gasteiger charge is 2.23. The minimum Gasteiger partial charge on any atom is -0.354 e. The van der Waals surface area contributed by atoms with E-state index >= 15 is 0 Å². The van der Waals surface area contributed by atoms with E-state index in [-0.39, 0.29) is 30.3 Å². The van der Waals surface area contributed by atoms with Crippen LogP contribution in [-0.2, 0) is 9.59 Å². The summed E-state index contributed by atoms with van der Waals surface area (Å²) >= 11 is 0. The summed E-state index contributed by atoms with van der Waals surface area (Å²) in [4.78, 5) is 23.2. The molecule has 1 heterocycles. The fraction of sp³-hybridized carbons (Fsp3) is 0.833. The molecule has 2 rings (SSSR count). The lowest BCUT2D eigenvalue weighted by Crippen LogP contribution is -2.48. The number of hydrogen-bond donors (Lipinski definition) is 3. The van der Waals surface area contributed by atoms with E-state index < -0.39 is 0 Å². The van der Waals surface area contributed by atoms with Gasteiger partial charge in [0.1, 0.15) is 6.04 Å². The fourth-order valence-electron chi connectivity index (χ4n) is 2.03. The predicted octanol–water partition coefficient (Wildman–Crippen LogP) is 0.193. The number of halogens is 1. The van der Waals surface area contributed by atoms with Gasteiger partial charge in [-0.3, -0.25) is 9.59 Å². The van der Waals surface area contributed by atoms with Crippen LogP contribution in [0, 0.1) is 5.92 Å². The molecule has 1 aliphatic carbocycles. The molecular formula is C12H22ClN3O2. The van der Waals surface area contributed by atoms with Crippen molar-refractivity contribution in [2.45, 2.75) is 38.1 Å². The topological polar surface area (TPSA) is 70.2 Å². The average Bonchev–Trinajstić information content (AvgIpc) is 3.10. The molecule has 2 aliphatic rings. The maximum Gasteiger partial charge on any atom is 0.242 e. The quantitative estimate of drug-likeness (QED) is 0.671. The number of rotatable bonds is 5. The van der Waals surface area contributed by atoms with Crippen LogP contribution in [0.4, 0.5) is 0 Å². The van der Waals surface area contributed by atoms with Crippen molar-refractivity contribution < 1.29 is 9.59 Å². The van der Waals surface area contributed by atoms with Crippen LogP contribution in [0.1, 0.15) is 32.1 Å². The second kappa shape index (κ2) is 7.59. The highest BCUT2D eigenvalue weighted by molar-refractivity contribution is 5.88. The number of hydrogen-bond acceptors (Lipinski definition) is 3. The molecule has 0 aromatic rings. The van der Waals surface area contributed by atoms with Gasteiger partial charge < -0.3 is 16.0 Å². The highest BCUT2D eigenvalue weighted by atomic mass is 35.5. The first-order valence-electron chi connectivity index (χ1n) is 6.53. The summed E-state index contributed by atoms with van der Waals surface area (Å²) < 4.78 is 0. The number of carbonyl (C=O) groups excluding carboxylic acids is 2. The molecular weight excluding hydrogens is 254 g/mol. The third-order valence-electron chi connectivity index (χ3n) is 3.29. The zero-order chi connectivity index (χ0) is 12.1. The van der Waals surface area contributed by atoms with Crippen molar-refractivity contribution in [3.63, 3.8) is 0 Å². The second-order valence-electron chi connectivity index (χ2n) is 4.98. The summed E-state index contributed by atoms with van der Waals surface area (Å²) in [6, 6.07) is -0.340. The Morgan fingerprint density at radius 1 is 1.28 bits per heavy atom. The third kappa shape index (κ3) is 5.23. The van der Waals surface area contributed by atoms with Gasteiger partial charge in [-0.05, 0) is 44.6 Å². The molecule has 0 bridgehead atoms. The number of amides is 2. The Balaban J connectivity index is 0.00000162. The van der Waals surface area contributed by atoms with Gasteiger partial charge in [0.25, 0.3) is 0 Å². The Bertz CT molecular complexity index is 295. The van der Waals surface area contributed by atoms with Gasteiger partial charge >= 0.3 is 0 Å². The molecule has 0 aromatic carbocycles. The number of nitrogens with one attached hydrogen (secondary N) is 3. The summed E-state index contributed by atoms with van der Waals surface area (Å²) in [5.74, 6) is 0.648. The van der Waals surface area contributed by atoms with Gasteiger partial charge in [-0.15, -0.1) is 12.4 Å². The van der Waals surface area contributed by atoms with E-state index in [0.29, 0.717) is 6.54 Å². The first kappa shape index (κ1) is 15.2. The molecule has 5 nitrogen and oxygen atoms in total. The molecule has 3 N–H and O–H groups in total. The predicted molar refractivity (Wildman–Crippen MR) is 71.6 cm³/mol. The molecule has 1 aliphatic heterocycles. The summed E-state index contributed by atoms with van der Waals surface area (Å²) in [6.07, 6.45) is 5.29. The summed E-state index contributed by atoms with van der Waals surface area (Å²) in [6.45, 7) is 1.97. The van der Waals surface area contributed by atoms with Crippen LogP contribution in [-0.4, -0.2) is 37.5 Å². The minimum atomic E-state index is -0.340. The molecule has 6 heteroatoms. The van der Waals surface area contributed by atoms with Crippen LogP contribution in [0.3, 0.4) is 0 Å². The summed E-state index contributed by atoms with van der Waals surface area (Å²) in [5, 5.41) is 8.72. The average molecular weight is 276 g/mol. The smallest absolute Gasteiger partial charge is 0.242 e. The lowest BCUT2D eigenvalue weighted by atomic mass is 10.1. The van der Waals surface area contributed by atoms with Crippen molar-refractivity contribution in [2.24, 2.45) is 5.92 Å². The van der Waals surface area contributed by atoms with Gasteiger partial charge in [0.2, 0.25) is 11.8 Å². The van der Waals surface area contributed by atoms with Gasteiger partial charge in [0.05, 0.1) is 6.54 Å². The largest absolute Gasteiger partial charge is 0.354 e. The summed E-state index contributed by atoms with van der Waals surface area (Å²) in [7, 11) is 0. The van der Waals surface area contributed by atoms with E-state index in [4.69, 9.17) is 0 Å². The number of carbonyl (C=O) groups is 2. The molecule has 1 unspecified atom stereocenters. The SMILES string of the molecule is Cl.O=C(CNCC1CC1)NC1CCCCNC1=O. The standard InChI is InChI=1S/C12H21N3O2.ClH/c16-11(8-13-7-9-4-5-9)15-10-3-1-2-6-14-12(10)17;/h9-10,13H,1-8H2,(H,14,17)(H,15,16);1H. The second-order valence-corrected chi connectivity index (χ2v) is 4.98. The van der Waals surface area contributed by atoms with Crippen LogP contribution in [0.5, 0.6) is 0 Å². The molecule has 2 fully saturated rings. The highest BCUT2D eigenvalue weighted by Crippen LogP contribution is 2.27. The molecule has 1 saturated heterocycles. The van der Waals surface area contributed by atoms with E-state index in [1.807, 2.05) is 0 Å². The van der Waals surface area contributed by atoms with Gasteiger partial charge in [-0.25, -0.2) is 0 Å². The Morgan fingerprint density at radius 3 is 2.78 bits per heavy atom. The Kier molecular flexibility index (Phi) is 6.43. The van der Waals surface area contributed by atoms with Crippen molar-refractivity contribution in [1.29, 1.82) is 0 Å². The third-order valence-corrected chi connectivity index (χ3v) is 3.29. The zero-order valence-electron chi connectivity index (χ0n) is 10.5. The first-order chi connectivity index (χ1) is 8.25. The van der Waals surface area contributed by atoms with Crippen LogP contribution in [0.15, 0.2) is 0 Å².